The molecule has 2 aromatic heterocycles. The van der Waals surface area contributed by atoms with Gasteiger partial charge in [0.15, 0.2) is 0 Å². The Labute approximate surface area is 172 Å². The molecule has 0 unspecified atom stereocenters. The van der Waals surface area contributed by atoms with Crippen molar-refractivity contribution in [3.8, 4) is 0 Å². The van der Waals surface area contributed by atoms with Crippen molar-refractivity contribution in [2.45, 2.75) is 51.7 Å². The molecule has 1 aromatic carbocycles. The van der Waals surface area contributed by atoms with Gasteiger partial charge < -0.3 is 14.5 Å². The van der Waals surface area contributed by atoms with Gasteiger partial charge in [0.25, 0.3) is 0 Å². The summed E-state index contributed by atoms with van der Waals surface area (Å²) < 4.78 is 4.22. The van der Waals surface area contributed by atoms with Gasteiger partial charge in [0, 0.05) is 55.7 Å². The maximum Gasteiger partial charge on any atom is 0.237 e. The van der Waals surface area contributed by atoms with Gasteiger partial charge in [-0.3, -0.25) is 10.1 Å². The van der Waals surface area contributed by atoms with Crippen LogP contribution in [0.25, 0.3) is 10.9 Å². The van der Waals surface area contributed by atoms with Gasteiger partial charge in [-0.15, -0.1) is 0 Å². The lowest BCUT2D eigenvalue weighted by Crippen LogP contribution is -2.46. The Morgan fingerprint density at radius 1 is 1.38 bits per heavy atom. The van der Waals surface area contributed by atoms with Crippen LogP contribution in [0.1, 0.15) is 43.9 Å². The molecule has 6 heteroatoms. The minimum absolute atomic E-state index is 0.0918. The third-order valence-electron chi connectivity index (χ3n) is 5.80. The molecular weight excluding hydrogens is 362 g/mol. The van der Waals surface area contributed by atoms with Crippen LogP contribution in [0, 0.1) is 5.92 Å². The maximum atomic E-state index is 13.0. The van der Waals surface area contributed by atoms with Crippen LogP contribution in [0.5, 0.6) is 0 Å². The summed E-state index contributed by atoms with van der Waals surface area (Å²) in [5.74, 6) is 0.640. The van der Waals surface area contributed by atoms with E-state index in [4.69, 9.17) is 0 Å². The van der Waals surface area contributed by atoms with Gasteiger partial charge in [-0.25, -0.2) is 4.98 Å². The van der Waals surface area contributed by atoms with Gasteiger partial charge >= 0.3 is 0 Å². The van der Waals surface area contributed by atoms with E-state index in [0.29, 0.717) is 12.5 Å². The summed E-state index contributed by atoms with van der Waals surface area (Å²) >= 11 is 0. The first-order chi connectivity index (χ1) is 14.0. The number of aryl methyl sites for hydroxylation is 2. The molecule has 0 bridgehead atoms. The number of benzene rings is 1. The molecular formula is C23H31N5O. The van der Waals surface area contributed by atoms with Crippen LogP contribution in [-0.2, 0) is 24.8 Å². The predicted molar refractivity (Wildman–Crippen MR) is 116 cm³/mol. The SMILES string of the molecule is CC(C)C[C@@H]1N[C@H](C(=O)NCCCn2ccnc2)Cc2cn(C)c3cccc1c23. The normalized spacial score (nSPS) is 18.9. The van der Waals surface area contributed by atoms with E-state index >= 15 is 0 Å². The molecule has 0 spiro atoms. The molecule has 3 aromatic rings. The lowest BCUT2D eigenvalue weighted by Gasteiger charge is -2.25. The average molecular weight is 394 g/mol. The van der Waals surface area contributed by atoms with Gasteiger partial charge in [0.2, 0.25) is 5.91 Å². The van der Waals surface area contributed by atoms with E-state index in [-0.39, 0.29) is 18.0 Å². The highest BCUT2D eigenvalue weighted by atomic mass is 16.2. The standard InChI is InChI=1S/C23H31N5O/c1-16(2)12-19-18-6-4-7-21-22(18)17(14-27(21)3)13-20(26-19)23(29)25-8-5-10-28-11-9-24-15-28/h4,6-7,9,11,14-16,19-20,26H,5,8,10,12-13H2,1-3H3,(H,25,29)/t19-,20-/m0/s1. The number of nitrogens with zero attached hydrogens (tertiary/aromatic N) is 3. The summed E-state index contributed by atoms with van der Waals surface area (Å²) in [6.45, 7) is 6.01. The molecule has 6 nitrogen and oxygen atoms in total. The van der Waals surface area contributed by atoms with Crippen molar-refractivity contribution < 1.29 is 4.79 Å². The van der Waals surface area contributed by atoms with Crippen molar-refractivity contribution in [2.75, 3.05) is 6.54 Å². The van der Waals surface area contributed by atoms with Crippen LogP contribution in [0.15, 0.2) is 43.1 Å². The summed E-state index contributed by atoms with van der Waals surface area (Å²) in [7, 11) is 2.09. The van der Waals surface area contributed by atoms with Crippen molar-refractivity contribution in [2.24, 2.45) is 13.0 Å². The molecule has 1 amide bonds. The fourth-order valence-electron chi connectivity index (χ4n) is 4.48. The molecule has 0 saturated heterocycles. The molecule has 4 rings (SSSR count). The topological polar surface area (TPSA) is 63.9 Å². The van der Waals surface area contributed by atoms with Gasteiger partial charge in [-0.2, -0.15) is 0 Å². The zero-order valence-electron chi connectivity index (χ0n) is 17.6. The van der Waals surface area contributed by atoms with Crippen molar-refractivity contribution in [1.29, 1.82) is 0 Å². The monoisotopic (exact) mass is 393 g/mol. The zero-order valence-corrected chi connectivity index (χ0v) is 17.6. The van der Waals surface area contributed by atoms with Crippen LogP contribution in [0.4, 0.5) is 0 Å². The van der Waals surface area contributed by atoms with E-state index in [2.05, 4.69) is 65.5 Å². The number of aromatic nitrogens is 3. The lowest BCUT2D eigenvalue weighted by molar-refractivity contribution is -0.123. The molecule has 2 N–H and O–H groups in total. The van der Waals surface area contributed by atoms with Crippen LogP contribution >= 0.6 is 0 Å². The van der Waals surface area contributed by atoms with E-state index in [9.17, 15) is 4.79 Å². The molecule has 29 heavy (non-hydrogen) atoms. The molecule has 0 saturated carbocycles. The molecule has 154 valence electrons. The number of amides is 1. The summed E-state index contributed by atoms with van der Waals surface area (Å²) in [5, 5.41) is 8.14. The third kappa shape index (κ3) is 4.22. The van der Waals surface area contributed by atoms with E-state index in [1.165, 1.54) is 22.0 Å². The molecule has 1 aliphatic heterocycles. The lowest BCUT2D eigenvalue weighted by atomic mass is 9.94. The number of nitrogens with one attached hydrogen (secondary N) is 2. The molecule has 2 atom stereocenters. The number of imidazole rings is 1. The predicted octanol–water partition coefficient (Wildman–Crippen LogP) is 3.18. The van der Waals surface area contributed by atoms with Crippen LogP contribution in [0.3, 0.4) is 0 Å². The smallest absolute Gasteiger partial charge is 0.237 e. The Morgan fingerprint density at radius 3 is 3.00 bits per heavy atom. The van der Waals surface area contributed by atoms with Crippen LogP contribution < -0.4 is 10.6 Å². The van der Waals surface area contributed by atoms with Gasteiger partial charge in [-0.05, 0) is 42.4 Å². The third-order valence-corrected chi connectivity index (χ3v) is 5.80. The van der Waals surface area contributed by atoms with Crippen molar-refractivity contribution >= 4 is 16.8 Å². The second-order valence-electron chi connectivity index (χ2n) is 8.56. The highest BCUT2D eigenvalue weighted by Gasteiger charge is 2.30. The summed E-state index contributed by atoms with van der Waals surface area (Å²) in [4.78, 5) is 17.1. The van der Waals surface area contributed by atoms with Gasteiger partial charge in [0.05, 0.1) is 12.4 Å². The Balaban J connectivity index is 1.50. The number of rotatable bonds is 7. The zero-order chi connectivity index (χ0) is 20.4. The first-order valence-corrected chi connectivity index (χ1v) is 10.6. The number of carbonyl (C=O) groups is 1. The summed E-state index contributed by atoms with van der Waals surface area (Å²) in [6.07, 6.45) is 10.3. The second-order valence-corrected chi connectivity index (χ2v) is 8.56. The second kappa shape index (κ2) is 8.41. The number of hydrogen-bond donors (Lipinski definition) is 2. The van der Waals surface area contributed by atoms with Crippen molar-refractivity contribution in [1.82, 2.24) is 24.8 Å². The quantitative estimate of drug-likeness (QED) is 0.606. The van der Waals surface area contributed by atoms with E-state index in [0.717, 1.165) is 25.8 Å². The number of hydrogen-bond acceptors (Lipinski definition) is 3. The molecule has 0 fully saturated rings. The highest BCUT2D eigenvalue weighted by Crippen LogP contribution is 2.35. The minimum Gasteiger partial charge on any atom is -0.355 e. The first kappa shape index (κ1) is 19.7. The molecule has 3 heterocycles. The molecule has 1 aliphatic rings. The Hall–Kier alpha value is -2.60. The minimum atomic E-state index is -0.218. The Bertz CT molecular complexity index is 973. The highest BCUT2D eigenvalue weighted by molar-refractivity contribution is 5.90. The average Bonchev–Trinajstić information content (AvgIpc) is 3.28. The number of carbonyl (C=O) groups excluding carboxylic acids is 1. The molecule has 0 radical (unpaired) electrons. The summed E-state index contributed by atoms with van der Waals surface area (Å²) in [6, 6.07) is 6.49. The fraction of sp³-hybridized carbons (Fsp3) is 0.478. The van der Waals surface area contributed by atoms with Crippen molar-refractivity contribution in [3.05, 3.63) is 54.2 Å². The largest absolute Gasteiger partial charge is 0.355 e. The van der Waals surface area contributed by atoms with E-state index in [1.54, 1.807) is 6.20 Å². The maximum absolute atomic E-state index is 13.0. The van der Waals surface area contributed by atoms with Crippen LogP contribution in [-0.4, -0.2) is 32.6 Å². The Morgan fingerprint density at radius 2 is 2.24 bits per heavy atom. The molecule has 0 aliphatic carbocycles. The van der Waals surface area contributed by atoms with Crippen molar-refractivity contribution in [3.63, 3.8) is 0 Å². The van der Waals surface area contributed by atoms with E-state index in [1.807, 2.05) is 17.1 Å². The van der Waals surface area contributed by atoms with E-state index < -0.39 is 0 Å². The van der Waals surface area contributed by atoms with Gasteiger partial charge in [-0.1, -0.05) is 26.0 Å². The Kier molecular flexibility index (Phi) is 5.72. The summed E-state index contributed by atoms with van der Waals surface area (Å²) in [5.41, 5.74) is 3.83. The van der Waals surface area contributed by atoms with Crippen LogP contribution in [0.2, 0.25) is 0 Å². The fourth-order valence-corrected chi connectivity index (χ4v) is 4.48. The first-order valence-electron chi connectivity index (χ1n) is 10.6. The van der Waals surface area contributed by atoms with Gasteiger partial charge in [0.1, 0.15) is 0 Å².